The highest BCUT2D eigenvalue weighted by atomic mass is 15.2. The summed E-state index contributed by atoms with van der Waals surface area (Å²) in [5, 5.41) is 3.52. The zero-order chi connectivity index (χ0) is 12.7. The molecule has 0 aliphatic carbocycles. The smallest absolute Gasteiger partial charge is 0.00484 e. The molecule has 0 aromatic rings. The van der Waals surface area contributed by atoms with Crippen LogP contribution in [0, 0.1) is 16.2 Å². The molecular weight excluding hydrogens is 208 g/mol. The maximum Gasteiger partial charge on any atom is 0.00484 e. The van der Waals surface area contributed by atoms with Crippen LogP contribution in [0.4, 0.5) is 0 Å². The van der Waals surface area contributed by atoms with Crippen LogP contribution in [0.1, 0.15) is 47.5 Å². The van der Waals surface area contributed by atoms with Crippen molar-refractivity contribution in [3.05, 3.63) is 0 Å². The maximum absolute atomic E-state index is 3.52. The first-order valence-electron chi connectivity index (χ1n) is 7.13. The zero-order valence-corrected chi connectivity index (χ0v) is 12.4. The first-order valence-corrected chi connectivity index (χ1v) is 7.13. The molecule has 2 saturated heterocycles. The molecule has 17 heavy (non-hydrogen) atoms. The van der Waals surface area contributed by atoms with Gasteiger partial charge in [-0.15, -0.1) is 0 Å². The number of nitrogens with zero attached hydrogens (tertiary/aromatic N) is 1. The number of rotatable bonds is 2. The molecule has 0 aromatic carbocycles. The Morgan fingerprint density at radius 2 is 1.59 bits per heavy atom. The summed E-state index contributed by atoms with van der Waals surface area (Å²) in [5.41, 5.74) is 1.46. The molecule has 2 fully saturated rings. The Balaban J connectivity index is 2.01. The van der Waals surface area contributed by atoms with Crippen molar-refractivity contribution in [3.8, 4) is 0 Å². The molecule has 2 nitrogen and oxygen atoms in total. The summed E-state index contributed by atoms with van der Waals surface area (Å²) in [6.45, 7) is 18.4. The van der Waals surface area contributed by atoms with Gasteiger partial charge in [-0.2, -0.15) is 0 Å². The molecule has 2 aliphatic heterocycles. The normalized spacial score (nSPS) is 37.2. The fourth-order valence-electron chi connectivity index (χ4n) is 4.33. The highest BCUT2D eigenvalue weighted by Crippen LogP contribution is 2.41. The SMILES string of the molecule is CC1(C)CN(CC2(C)CCNC2)CC(C)(C)C1. The minimum atomic E-state index is 0.476. The minimum Gasteiger partial charge on any atom is -0.316 e. The van der Waals surface area contributed by atoms with Crippen LogP contribution in [0.2, 0.25) is 0 Å². The Kier molecular flexibility index (Phi) is 3.33. The topological polar surface area (TPSA) is 15.3 Å². The van der Waals surface area contributed by atoms with Crippen molar-refractivity contribution in [2.24, 2.45) is 16.2 Å². The van der Waals surface area contributed by atoms with E-state index in [2.05, 4.69) is 44.8 Å². The first-order chi connectivity index (χ1) is 7.70. The van der Waals surface area contributed by atoms with E-state index in [0.29, 0.717) is 16.2 Å². The summed E-state index contributed by atoms with van der Waals surface area (Å²) >= 11 is 0. The van der Waals surface area contributed by atoms with Gasteiger partial charge in [0.05, 0.1) is 0 Å². The van der Waals surface area contributed by atoms with Gasteiger partial charge >= 0.3 is 0 Å². The van der Waals surface area contributed by atoms with Crippen LogP contribution in [-0.2, 0) is 0 Å². The van der Waals surface area contributed by atoms with Crippen LogP contribution in [0.3, 0.4) is 0 Å². The highest BCUT2D eigenvalue weighted by molar-refractivity contribution is 4.94. The first kappa shape index (κ1) is 13.4. The van der Waals surface area contributed by atoms with Gasteiger partial charge in [-0.05, 0) is 35.6 Å². The van der Waals surface area contributed by atoms with Crippen molar-refractivity contribution in [2.45, 2.75) is 47.5 Å². The van der Waals surface area contributed by atoms with Gasteiger partial charge in [-0.1, -0.05) is 34.6 Å². The lowest BCUT2D eigenvalue weighted by Gasteiger charge is -2.48. The van der Waals surface area contributed by atoms with Crippen LogP contribution in [0.25, 0.3) is 0 Å². The fourth-order valence-corrected chi connectivity index (χ4v) is 4.33. The number of hydrogen-bond acceptors (Lipinski definition) is 2. The van der Waals surface area contributed by atoms with Crippen molar-refractivity contribution in [3.63, 3.8) is 0 Å². The Morgan fingerprint density at radius 3 is 2.06 bits per heavy atom. The van der Waals surface area contributed by atoms with Gasteiger partial charge in [0.15, 0.2) is 0 Å². The van der Waals surface area contributed by atoms with E-state index in [0.717, 1.165) is 0 Å². The molecule has 100 valence electrons. The number of piperidine rings is 1. The molecule has 2 rings (SSSR count). The van der Waals surface area contributed by atoms with E-state index in [1.807, 2.05) is 0 Å². The molecule has 2 heteroatoms. The van der Waals surface area contributed by atoms with E-state index in [4.69, 9.17) is 0 Å². The lowest BCUT2D eigenvalue weighted by molar-refractivity contribution is 0.00788. The Bertz CT molecular complexity index is 259. The predicted octanol–water partition coefficient (Wildman–Crippen LogP) is 2.74. The molecule has 1 unspecified atom stereocenters. The quantitative estimate of drug-likeness (QED) is 0.796. The van der Waals surface area contributed by atoms with E-state index >= 15 is 0 Å². The number of nitrogens with one attached hydrogen (secondary N) is 1. The van der Waals surface area contributed by atoms with E-state index < -0.39 is 0 Å². The molecule has 0 saturated carbocycles. The van der Waals surface area contributed by atoms with E-state index in [-0.39, 0.29) is 0 Å². The second-order valence-electron chi connectivity index (χ2n) is 8.39. The number of likely N-dealkylation sites (tertiary alicyclic amines) is 1. The van der Waals surface area contributed by atoms with Crippen LogP contribution < -0.4 is 5.32 Å². The molecule has 0 radical (unpaired) electrons. The van der Waals surface area contributed by atoms with Crippen LogP contribution >= 0.6 is 0 Å². The summed E-state index contributed by atoms with van der Waals surface area (Å²) in [4.78, 5) is 2.72. The lowest BCUT2D eigenvalue weighted by Crippen LogP contribution is -2.51. The van der Waals surface area contributed by atoms with E-state index in [1.54, 1.807) is 0 Å². The maximum atomic E-state index is 3.52. The molecule has 1 atom stereocenters. The Morgan fingerprint density at radius 1 is 1.00 bits per heavy atom. The second kappa shape index (κ2) is 4.24. The van der Waals surface area contributed by atoms with Gasteiger partial charge in [0.2, 0.25) is 0 Å². The minimum absolute atomic E-state index is 0.476. The van der Waals surface area contributed by atoms with E-state index in [1.165, 1.54) is 45.6 Å². The van der Waals surface area contributed by atoms with Gasteiger partial charge in [-0.25, -0.2) is 0 Å². The van der Waals surface area contributed by atoms with Crippen LogP contribution in [0.5, 0.6) is 0 Å². The third-order valence-electron chi connectivity index (χ3n) is 4.32. The van der Waals surface area contributed by atoms with Gasteiger partial charge in [0.1, 0.15) is 0 Å². The standard InChI is InChI=1S/C15H30N2/c1-13(2)8-14(3,4)11-17(10-13)12-15(5)6-7-16-9-15/h16H,6-12H2,1-5H3. The zero-order valence-electron chi connectivity index (χ0n) is 12.4. The highest BCUT2D eigenvalue weighted by Gasteiger charge is 2.40. The van der Waals surface area contributed by atoms with Crippen molar-refractivity contribution in [2.75, 3.05) is 32.7 Å². The average molecular weight is 238 g/mol. The molecule has 0 amide bonds. The predicted molar refractivity (Wildman–Crippen MR) is 74.2 cm³/mol. The van der Waals surface area contributed by atoms with Crippen molar-refractivity contribution < 1.29 is 0 Å². The summed E-state index contributed by atoms with van der Waals surface area (Å²) < 4.78 is 0. The molecule has 0 aromatic heterocycles. The average Bonchev–Trinajstić information content (AvgIpc) is 2.44. The van der Waals surface area contributed by atoms with Crippen molar-refractivity contribution in [1.82, 2.24) is 10.2 Å². The number of hydrogen-bond donors (Lipinski definition) is 1. The lowest BCUT2D eigenvalue weighted by atomic mass is 9.70. The summed E-state index contributed by atoms with van der Waals surface area (Å²) in [5.74, 6) is 0. The Hall–Kier alpha value is -0.0800. The van der Waals surface area contributed by atoms with Gasteiger partial charge < -0.3 is 10.2 Å². The van der Waals surface area contributed by atoms with Crippen molar-refractivity contribution in [1.29, 1.82) is 0 Å². The molecular formula is C15H30N2. The van der Waals surface area contributed by atoms with Gasteiger partial charge in [-0.3, -0.25) is 0 Å². The van der Waals surface area contributed by atoms with Gasteiger partial charge in [0, 0.05) is 26.2 Å². The molecule has 2 heterocycles. The molecule has 0 bridgehead atoms. The van der Waals surface area contributed by atoms with Crippen molar-refractivity contribution >= 4 is 0 Å². The van der Waals surface area contributed by atoms with Crippen LogP contribution in [-0.4, -0.2) is 37.6 Å². The third kappa shape index (κ3) is 3.45. The third-order valence-corrected chi connectivity index (χ3v) is 4.32. The second-order valence-corrected chi connectivity index (χ2v) is 8.39. The van der Waals surface area contributed by atoms with Gasteiger partial charge in [0.25, 0.3) is 0 Å². The molecule has 1 N–H and O–H groups in total. The molecule has 2 aliphatic rings. The fraction of sp³-hybridized carbons (Fsp3) is 1.00. The monoisotopic (exact) mass is 238 g/mol. The summed E-state index contributed by atoms with van der Waals surface area (Å²) in [6, 6.07) is 0. The summed E-state index contributed by atoms with van der Waals surface area (Å²) in [7, 11) is 0. The molecule has 0 spiro atoms. The van der Waals surface area contributed by atoms with E-state index in [9.17, 15) is 0 Å². The Labute approximate surface area is 107 Å². The summed E-state index contributed by atoms with van der Waals surface area (Å²) in [6.07, 6.45) is 2.69. The van der Waals surface area contributed by atoms with Crippen LogP contribution in [0.15, 0.2) is 0 Å². The largest absolute Gasteiger partial charge is 0.316 e.